The summed E-state index contributed by atoms with van der Waals surface area (Å²) in [5.41, 5.74) is 1.48. The van der Waals surface area contributed by atoms with Crippen LogP contribution < -0.4 is 10.6 Å². The Bertz CT molecular complexity index is 1260. The Kier molecular flexibility index (Phi) is 7.95. The highest BCUT2D eigenvalue weighted by Gasteiger charge is 2.28. The van der Waals surface area contributed by atoms with Gasteiger partial charge in [-0.2, -0.15) is 0 Å². The first-order valence-corrected chi connectivity index (χ1v) is 12.3. The number of non-ortho nitro benzene ring substituents is 1. The van der Waals surface area contributed by atoms with Crippen molar-refractivity contribution in [3.63, 3.8) is 0 Å². The normalized spacial score (nSPS) is 16.7. The van der Waals surface area contributed by atoms with Crippen molar-refractivity contribution in [1.82, 2.24) is 15.5 Å². The van der Waals surface area contributed by atoms with Gasteiger partial charge in [-0.3, -0.25) is 24.6 Å². The summed E-state index contributed by atoms with van der Waals surface area (Å²) in [6, 6.07) is 19.4. The molecule has 2 amide bonds. The molecule has 0 spiro atoms. The van der Waals surface area contributed by atoms with Crippen molar-refractivity contribution in [3.05, 3.63) is 88.0 Å². The van der Waals surface area contributed by atoms with Gasteiger partial charge in [0.1, 0.15) is 6.04 Å². The second-order valence-corrected chi connectivity index (χ2v) is 9.87. The van der Waals surface area contributed by atoms with Gasteiger partial charge in [-0.05, 0) is 47.2 Å². The smallest absolute Gasteiger partial charge is 0.269 e. The molecule has 3 aromatic rings. The molecule has 1 fully saturated rings. The van der Waals surface area contributed by atoms with Crippen LogP contribution in [0.2, 0.25) is 0 Å². The Hall–Kier alpha value is -3.78. The molecule has 2 atom stereocenters. The zero-order chi connectivity index (χ0) is 25.7. The van der Waals surface area contributed by atoms with E-state index in [9.17, 15) is 19.7 Å². The monoisotopic (exact) mass is 488 g/mol. The fourth-order valence-corrected chi connectivity index (χ4v) is 4.70. The third-order valence-electron chi connectivity index (χ3n) is 6.49. The number of rotatable bonds is 9. The average molecular weight is 489 g/mol. The van der Waals surface area contributed by atoms with E-state index in [1.54, 1.807) is 18.2 Å². The second kappa shape index (κ2) is 11.3. The number of hydrogen-bond donors (Lipinski definition) is 2. The van der Waals surface area contributed by atoms with Gasteiger partial charge in [-0.1, -0.05) is 56.3 Å². The molecule has 0 bridgehead atoms. The standard InChI is InChI=1S/C28H32N4O4/c1-19(2)14-26(30-27(33)23-11-10-21-7-3-4-8-22(21)16-23)28(34)29-24-12-13-31(18-24)17-20-6-5-9-25(15-20)32(35)36/h3-11,15-16,19,24,26H,12-14,17-18H2,1-2H3,(H,29,34)(H,30,33)/t24-,26-/m0/s1. The van der Waals surface area contributed by atoms with Crippen molar-refractivity contribution in [2.75, 3.05) is 13.1 Å². The molecule has 36 heavy (non-hydrogen) atoms. The maximum Gasteiger partial charge on any atom is 0.269 e. The molecule has 0 aliphatic carbocycles. The zero-order valence-electron chi connectivity index (χ0n) is 20.6. The highest BCUT2D eigenvalue weighted by atomic mass is 16.6. The Morgan fingerprint density at radius 1 is 1.06 bits per heavy atom. The summed E-state index contributed by atoms with van der Waals surface area (Å²) >= 11 is 0. The minimum Gasteiger partial charge on any atom is -0.350 e. The van der Waals surface area contributed by atoms with Crippen LogP contribution in [0.3, 0.4) is 0 Å². The molecule has 4 rings (SSSR count). The van der Waals surface area contributed by atoms with Crippen LogP contribution in [-0.2, 0) is 11.3 Å². The quantitative estimate of drug-likeness (QED) is 0.346. The Labute approximate surface area is 210 Å². The molecule has 1 heterocycles. The summed E-state index contributed by atoms with van der Waals surface area (Å²) in [5.74, 6) is -0.216. The van der Waals surface area contributed by atoms with Gasteiger partial charge >= 0.3 is 0 Å². The molecular weight excluding hydrogens is 456 g/mol. The summed E-state index contributed by atoms with van der Waals surface area (Å²) in [5, 5.41) is 19.1. The number of amides is 2. The molecule has 1 saturated heterocycles. The number of hydrogen-bond acceptors (Lipinski definition) is 5. The van der Waals surface area contributed by atoms with Gasteiger partial charge < -0.3 is 10.6 Å². The minimum atomic E-state index is -0.630. The van der Waals surface area contributed by atoms with Crippen LogP contribution in [0.5, 0.6) is 0 Å². The molecule has 188 valence electrons. The van der Waals surface area contributed by atoms with Crippen LogP contribution in [0.25, 0.3) is 10.8 Å². The zero-order valence-corrected chi connectivity index (χ0v) is 20.6. The topological polar surface area (TPSA) is 105 Å². The number of carbonyl (C=O) groups excluding carboxylic acids is 2. The van der Waals surface area contributed by atoms with Gasteiger partial charge in [0.15, 0.2) is 0 Å². The molecule has 8 nitrogen and oxygen atoms in total. The summed E-state index contributed by atoms with van der Waals surface area (Å²) in [4.78, 5) is 39.0. The number of fused-ring (bicyclic) bond motifs is 1. The van der Waals surface area contributed by atoms with Crippen LogP contribution in [0.4, 0.5) is 5.69 Å². The fourth-order valence-electron chi connectivity index (χ4n) is 4.70. The highest BCUT2D eigenvalue weighted by Crippen LogP contribution is 2.19. The Morgan fingerprint density at radius 3 is 2.58 bits per heavy atom. The lowest BCUT2D eigenvalue weighted by Crippen LogP contribution is -2.50. The Balaban J connectivity index is 1.36. The number of likely N-dealkylation sites (tertiary alicyclic amines) is 1. The first-order chi connectivity index (χ1) is 17.3. The maximum atomic E-state index is 13.2. The van der Waals surface area contributed by atoms with Crippen molar-refractivity contribution in [3.8, 4) is 0 Å². The van der Waals surface area contributed by atoms with Crippen molar-refractivity contribution in [2.45, 2.75) is 45.3 Å². The second-order valence-electron chi connectivity index (χ2n) is 9.87. The molecule has 1 aliphatic rings. The number of carbonyl (C=O) groups is 2. The number of benzene rings is 3. The molecule has 8 heteroatoms. The van der Waals surface area contributed by atoms with E-state index in [4.69, 9.17) is 0 Å². The van der Waals surface area contributed by atoms with Crippen molar-refractivity contribution < 1.29 is 14.5 Å². The van der Waals surface area contributed by atoms with E-state index in [-0.39, 0.29) is 29.5 Å². The average Bonchev–Trinajstić information content (AvgIpc) is 3.29. The van der Waals surface area contributed by atoms with Crippen LogP contribution in [-0.4, -0.2) is 46.8 Å². The number of nitro benzene ring substituents is 1. The van der Waals surface area contributed by atoms with Crippen LogP contribution in [0.15, 0.2) is 66.7 Å². The lowest BCUT2D eigenvalue weighted by molar-refractivity contribution is -0.384. The first-order valence-electron chi connectivity index (χ1n) is 12.3. The minimum absolute atomic E-state index is 0.0385. The predicted octanol–water partition coefficient (Wildman–Crippen LogP) is 4.28. The predicted molar refractivity (Wildman–Crippen MR) is 140 cm³/mol. The van der Waals surface area contributed by atoms with Crippen molar-refractivity contribution in [2.24, 2.45) is 5.92 Å². The molecule has 0 saturated carbocycles. The molecule has 0 unspecified atom stereocenters. The molecule has 0 radical (unpaired) electrons. The lowest BCUT2D eigenvalue weighted by Gasteiger charge is -2.23. The van der Waals surface area contributed by atoms with E-state index in [1.165, 1.54) is 6.07 Å². The fraction of sp³-hybridized carbons (Fsp3) is 0.357. The largest absolute Gasteiger partial charge is 0.350 e. The van der Waals surface area contributed by atoms with Crippen LogP contribution in [0, 0.1) is 16.0 Å². The molecule has 1 aliphatic heterocycles. The van der Waals surface area contributed by atoms with Crippen molar-refractivity contribution in [1.29, 1.82) is 0 Å². The summed E-state index contributed by atoms with van der Waals surface area (Å²) < 4.78 is 0. The number of nitro groups is 1. The molecular formula is C28H32N4O4. The van der Waals surface area contributed by atoms with E-state index < -0.39 is 11.0 Å². The molecule has 2 N–H and O–H groups in total. The van der Waals surface area contributed by atoms with Gasteiger partial charge in [0.2, 0.25) is 5.91 Å². The number of nitrogens with zero attached hydrogens (tertiary/aromatic N) is 2. The Morgan fingerprint density at radius 2 is 1.83 bits per heavy atom. The van der Waals surface area contributed by atoms with E-state index in [1.807, 2.05) is 56.3 Å². The van der Waals surface area contributed by atoms with Gasteiger partial charge in [-0.25, -0.2) is 0 Å². The summed E-state index contributed by atoms with van der Waals surface area (Å²) in [6.45, 7) is 6.08. The van der Waals surface area contributed by atoms with E-state index in [0.29, 0.717) is 25.1 Å². The third kappa shape index (κ3) is 6.46. The van der Waals surface area contributed by atoms with Gasteiger partial charge in [0.05, 0.1) is 4.92 Å². The van der Waals surface area contributed by atoms with E-state index in [0.717, 1.165) is 29.3 Å². The van der Waals surface area contributed by atoms with Gasteiger partial charge in [0, 0.05) is 43.4 Å². The van der Waals surface area contributed by atoms with Crippen LogP contribution >= 0.6 is 0 Å². The lowest BCUT2D eigenvalue weighted by atomic mass is 10.0. The van der Waals surface area contributed by atoms with Crippen LogP contribution in [0.1, 0.15) is 42.6 Å². The number of nitrogens with one attached hydrogen (secondary N) is 2. The van der Waals surface area contributed by atoms with E-state index >= 15 is 0 Å². The molecule has 0 aromatic heterocycles. The van der Waals surface area contributed by atoms with Crippen molar-refractivity contribution >= 4 is 28.3 Å². The summed E-state index contributed by atoms with van der Waals surface area (Å²) in [7, 11) is 0. The first kappa shape index (κ1) is 25.3. The van der Waals surface area contributed by atoms with Gasteiger partial charge in [-0.15, -0.1) is 0 Å². The maximum absolute atomic E-state index is 13.2. The summed E-state index contributed by atoms with van der Waals surface area (Å²) in [6.07, 6.45) is 1.32. The highest BCUT2D eigenvalue weighted by molar-refractivity contribution is 6.00. The third-order valence-corrected chi connectivity index (χ3v) is 6.49. The molecule has 3 aromatic carbocycles. The van der Waals surface area contributed by atoms with E-state index in [2.05, 4.69) is 15.5 Å². The SMILES string of the molecule is CC(C)C[C@H](NC(=O)c1ccc2ccccc2c1)C(=O)N[C@H]1CCN(Cc2cccc([N+](=O)[O-])c2)C1. The van der Waals surface area contributed by atoms with Gasteiger partial charge in [0.25, 0.3) is 11.6 Å².